The molecule has 17 heavy (non-hydrogen) atoms. The number of nitrogens with zero attached hydrogens (tertiary/aromatic N) is 3. The van der Waals surface area contributed by atoms with E-state index in [0.717, 1.165) is 0 Å². The van der Waals surface area contributed by atoms with Gasteiger partial charge in [0, 0.05) is 12.4 Å². The molecule has 0 spiro atoms. The van der Waals surface area contributed by atoms with E-state index in [-0.39, 0.29) is 17.3 Å². The minimum atomic E-state index is -3.62. The molecule has 0 saturated carbocycles. The SMILES string of the molecule is CN(Cc1cscn1)S(=O)(=O)c1cn[nH]c1N. The first kappa shape index (κ1) is 12.0. The molecule has 0 atom stereocenters. The number of rotatable bonds is 4. The number of hydrogen-bond acceptors (Lipinski definition) is 6. The van der Waals surface area contributed by atoms with Crippen LogP contribution in [0.5, 0.6) is 0 Å². The monoisotopic (exact) mass is 273 g/mol. The van der Waals surface area contributed by atoms with Crippen LogP contribution in [0.3, 0.4) is 0 Å². The van der Waals surface area contributed by atoms with Crippen LogP contribution in [0.1, 0.15) is 5.69 Å². The summed E-state index contributed by atoms with van der Waals surface area (Å²) in [6.45, 7) is 0.205. The lowest BCUT2D eigenvalue weighted by molar-refractivity contribution is 0.463. The summed E-state index contributed by atoms with van der Waals surface area (Å²) in [5.41, 5.74) is 7.85. The Bertz CT molecular complexity index is 589. The van der Waals surface area contributed by atoms with Crippen LogP contribution in [-0.4, -0.2) is 35.0 Å². The third kappa shape index (κ3) is 2.30. The average molecular weight is 273 g/mol. The maximum absolute atomic E-state index is 12.1. The largest absolute Gasteiger partial charge is 0.383 e. The van der Waals surface area contributed by atoms with Crippen molar-refractivity contribution >= 4 is 27.2 Å². The summed E-state index contributed by atoms with van der Waals surface area (Å²) in [5.74, 6) is 0.0372. The Kier molecular flexibility index (Phi) is 3.13. The fourth-order valence-corrected chi connectivity index (χ4v) is 2.98. The van der Waals surface area contributed by atoms with E-state index in [1.54, 1.807) is 10.9 Å². The Morgan fingerprint density at radius 1 is 1.59 bits per heavy atom. The van der Waals surface area contributed by atoms with Gasteiger partial charge in [0.25, 0.3) is 0 Å². The second-order valence-electron chi connectivity index (χ2n) is 3.39. The van der Waals surface area contributed by atoms with Crippen LogP contribution >= 0.6 is 11.3 Å². The van der Waals surface area contributed by atoms with Gasteiger partial charge in [-0.15, -0.1) is 11.3 Å². The minimum Gasteiger partial charge on any atom is -0.383 e. The highest BCUT2D eigenvalue weighted by Crippen LogP contribution is 2.20. The summed E-state index contributed by atoms with van der Waals surface area (Å²) >= 11 is 1.42. The second kappa shape index (κ2) is 4.43. The second-order valence-corrected chi connectivity index (χ2v) is 6.12. The Morgan fingerprint density at radius 2 is 2.35 bits per heavy atom. The Morgan fingerprint density at radius 3 is 2.88 bits per heavy atom. The number of thiazole rings is 1. The van der Waals surface area contributed by atoms with Gasteiger partial charge in [-0.2, -0.15) is 9.40 Å². The molecule has 0 aliphatic heterocycles. The van der Waals surface area contributed by atoms with E-state index in [2.05, 4.69) is 15.2 Å². The molecule has 0 aliphatic carbocycles. The van der Waals surface area contributed by atoms with E-state index in [1.165, 1.54) is 28.9 Å². The summed E-state index contributed by atoms with van der Waals surface area (Å²) < 4.78 is 25.4. The number of aromatic nitrogens is 3. The molecule has 92 valence electrons. The zero-order valence-electron chi connectivity index (χ0n) is 8.99. The van der Waals surface area contributed by atoms with E-state index in [4.69, 9.17) is 5.73 Å². The van der Waals surface area contributed by atoms with Crippen LogP contribution in [0.4, 0.5) is 5.82 Å². The van der Waals surface area contributed by atoms with Gasteiger partial charge in [-0.05, 0) is 0 Å². The van der Waals surface area contributed by atoms with Crippen LogP contribution in [0, 0.1) is 0 Å². The average Bonchev–Trinajstić information content (AvgIpc) is 2.89. The zero-order chi connectivity index (χ0) is 12.5. The molecule has 0 radical (unpaired) electrons. The number of anilines is 1. The normalized spacial score (nSPS) is 12.1. The first-order valence-corrected chi connectivity index (χ1v) is 7.02. The van der Waals surface area contributed by atoms with Crippen LogP contribution in [0.25, 0.3) is 0 Å². The van der Waals surface area contributed by atoms with Gasteiger partial charge in [-0.25, -0.2) is 13.4 Å². The first-order chi connectivity index (χ1) is 8.01. The zero-order valence-corrected chi connectivity index (χ0v) is 10.6. The lowest BCUT2D eigenvalue weighted by Gasteiger charge is -2.14. The van der Waals surface area contributed by atoms with Gasteiger partial charge in [0.05, 0.1) is 23.9 Å². The number of nitrogen functional groups attached to an aromatic ring is 1. The Balaban J connectivity index is 2.25. The number of sulfonamides is 1. The smallest absolute Gasteiger partial charge is 0.248 e. The quantitative estimate of drug-likeness (QED) is 0.831. The molecular formula is C8H11N5O2S2. The van der Waals surface area contributed by atoms with Crippen molar-refractivity contribution in [3.05, 3.63) is 22.8 Å². The summed E-state index contributed by atoms with van der Waals surface area (Å²) in [6, 6.07) is 0. The van der Waals surface area contributed by atoms with Gasteiger partial charge in [-0.1, -0.05) is 0 Å². The summed E-state index contributed by atoms with van der Waals surface area (Å²) in [5, 5.41) is 7.79. The van der Waals surface area contributed by atoms with Crippen molar-refractivity contribution in [2.45, 2.75) is 11.4 Å². The summed E-state index contributed by atoms with van der Waals surface area (Å²) in [6.07, 6.45) is 1.20. The molecule has 0 saturated heterocycles. The van der Waals surface area contributed by atoms with Gasteiger partial charge in [0.1, 0.15) is 10.7 Å². The number of aromatic amines is 1. The van der Waals surface area contributed by atoms with Crippen molar-refractivity contribution in [1.82, 2.24) is 19.5 Å². The molecule has 0 unspecified atom stereocenters. The lowest BCUT2D eigenvalue weighted by atomic mass is 10.5. The molecule has 0 aliphatic rings. The van der Waals surface area contributed by atoms with Crippen molar-refractivity contribution in [2.24, 2.45) is 0 Å². The topological polar surface area (TPSA) is 105 Å². The molecular weight excluding hydrogens is 262 g/mol. The molecule has 2 aromatic heterocycles. The molecule has 0 fully saturated rings. The van der Waals surface area contributed by atoms with Gasteiger partial charge >= 0.3 is 0 Å². The Hall–Kier alpha value is -1.45. The molecule has 7 nitrogen and oxygen atoms in total. The van der Waals surface area contributed by atoms with E-state index < -0.39 is 10.0 Å². The first-order valence-electron chi connectivity index (χ1n) is 4.64. The van der Waals surface area contributed by atoms with E-state index in [0.29, 0.717) is 5.69 Å². The summed E-state index contributed by atoms with van der Waals surface area (Å²) in [4.78, 5) is 4.01. The van der Waals surface area contributed by atoms with E-state index in [1.807, 2.05) is 0 Å². The van der Waals surface area contributed by atoms with Crippen LogP contribution in [0.15, 0.2) is 22.0 Å². The van der Waals surface area contributed by atoms with Gasteiger partial charge in [0.2, 0.25) is 10.0 Å². The van der Waals surface area contributed by atoms with Gasteiger partial charge < -0.3 is 5.73 Å². The molecule has 9 heteroatoms. The molecule has 0 amide bonds. The molecule has 2 rings (SSSR count). The summed E-state index contributed by atoms with van der Waals surface area (Å²) in [7, 11) is -2.15. The molecule has 2 aromatic rings. The minimum absolute atomic E-state index is 0.0183. The number of nitrogens with two attached hydrogens (primary N) is 1. The van der Waals surface area contributed by atoms with Crippen molar-refractivity contribution in [1.29, 1.82) is 0 Å². The van der Waals surface area contributed by atoms with Crippen molar-refractivity contribution in [2.75, 3.05) is 12.8 Å². The third-order valence-electron chi connectivity index (χ3n) is 2.19. The fraction of sp³-hybridized carbons (Fsp3) is 0.250. The molecule has 0 aromatic carbocycles. The predicted molar refractivity (Wildman–Crippen MR) is 63.8 cm³/mol. The van der Waals surface area contributed by atoms with Crippen LogP contribution in [0.2, 0.25) is 0 Å². The maximum Gasteiger partial charge on any atom is 0.248 e. The molecule has 3 N–H and O–H groups in total. The highest BCUT2D eigenvalue weighted by molar-refractivity contribution is 7.89. The highest BCUT2D eigenvalue weighted by Gasteiger charge is 2.25. The van der Waals surface area contributed by atoms with Gasteiger partial charge in [0.15, 0.2) is 0 Å². The maximum atomic E-state index is 12.1. The molecule has 0 bridgehead atoms. The van der Waals surface area contributed by atoms with Crippen molar-refractivity contribution < 1.29 is 8.42 Å². The highest BCUT2D eigenvalue weighted by atomic mass is 32.2. The standard InChI is InChI=1S/C8H11N5O2S2/c1-13(3-6-4-16-5-10-6)17(14,15)7-2-11-12-8(7)9/h2,4-5H,3H2,1H3,(H3,9,11,12). The van der Waals surface area contributed by atoms with E-state index >= 15 is 0 Å². The number of nitrogens with one attached hydrogen (secondary N) is 1. The van der Waals surface area contributed by atoms with Crippen LogP contribution in [-0.2, 0) is 16.6 Å². The fourth-order valence-electron chi connectivity index (χ4n) is 1.29. The van der Waals surface area contributed by atoms with Crippen molar-refractivity contribution in [3.8, 4) is 0 Å². The van der Waals surface area contributed by atoms with Crippen molar-refractivity contribution in [3.63, 3.8) is 0 Å². The van der Waals surface area contributed by atoms with E-state index in [9.17, 15) is 8.42 Å². The van der Waals surface area contributed by atoms with Crippen LogP contribution < -0.4 is 5.73 Å². The number of H-pyrrole nitrogens is 1. The number of hydrogen-bond donors (Lipinski definition) is 2. The predicted octanol–water partition coefficient (Wildman–Crippen LogP) is 0.269. The lowest BCUT2D eigenvalue weighted by Crippen LogP contribution is -2.27. The van der Waals surface area contributed by atoms with Gasteiger partial charge in [-0.3, -0.25) is 5.10 Å². The molecule has 2 heterocycles. The Labute approximate surface area is 102 Å². The third-order valence-corrected chi connectivity index (χ3v) is 4.65.